The maximum atomic E-state index is 12.0. The number of carboxylic acids is 1. The van der Waals surface area contributed by atoms with E-state index >= 15 is 0 Å². The molecule has 0 aliphatic carbocycles. The average molecular weight is 276 g/mol. The van der Waals surface area contributed by atoms with Gasteiger partial charge in [-0.15, -0.1) is 0 Å². The third-order valence-corrected chi connectivity index (χ3v) is 3.00. The Hall–Kier alpha value is -2.70. The van der Waals surface area contributed by atoms with Crippen LogP contribution in [-0.2, 0) is 19.2 Å². The maximum Gasteiger partial charge on any atom is 0.325 e. The number of Topliss-reactive ketones (excluding diaryl/α,β-unsaturated/α-hetero) is 1. The van der Waals surface area contributed by atoms with Crippen LogP contribution in [0.15, 0.2) is 24.3 Å². The van der Waals surface area contributed by atoms with Gasteiger partial charge in [0.2, 0.25) is 11.7 Å². The minimum Gasteiger partial charge on any atom is -0.480 e. The van der Waals surface area contributed by atoms with Crippen molar-refractivity contribution in [3.05, 3.63) is 29.8 Å². The van der Waals surface area contributed by atoms with Crippen molar-refractivity contribution in [1.82, 2.24) is 5.32 Å². The van der Waals surface area contributed by atoms with E-state index in [0.29, 0.717) is 11.3 Å². The molecule has 2 atom stereocenters. The Morgan fingerprint density at radius 2 is 1.95 bits per heavy atom. The lowest BCUT2D eigenvalue weighted by atomic mass is 9.95. The van der Waals surface area contributed by atoms with Crippen LogP contribution in [0.1, 0.15) is 18.4 Å². The number of para-hydroxylation sites is 1. The lowest BCUT2D eigenvalue weighted by molar-refractivity contribution is -0.144. The van der Waals surface area contributed by atoms with Gasteiger partial charge in [-0.3, -0.25) is 19.2 Å². The van der Waals surface area contributed by atoms with Gasteiger partial charge >= 0.3 is 5.97 Å². The van der Waals surface area contributed by atoms with Gasteiger partial charge in [-0.2, -0.15) is 0 Å². The van der Waals surface area contributed by atoms with E-state index < -0.39 is 35.5 Å². The number of nitrogens with one attached hydrogen (secondary N) is 2. The highest BCUT2D eigenvalue weighted by molar-refractivity contribution is 6.44. The summed E-state index contributed by atoms with van der Waals surface area (Å²) in [4.78, 5) is 46.1. The fraction of sp³-hybridized carbons (Fsp3) is 0.231. The van der Waals surface area contributed by atoms with Crippen molar-refractivity contribution >= 4 is 29.3 Å². The van der Waals surface area contributed by atoms with Crippen LogP contribution in [0.25, 0.3) is 0 Å². The highest BCUT2D eigenvalue weighted by Gasteiger charge is 2.39. The quantitative estimate of drug-likeness (QED) is 0.524. The van der Waals surface area contributed by atoms with Crippen molar-refractivity contribution in [2.45, 2.75) is 18.9 Å². The number of benzene rings is 1. The molecule has 1 heterocycles. The third kappa shape index (κ3) is 2.37. The topological polar surface area (TPSA) is 113 Å². The van der Waals surface area contributed by atoms with Crippen LogP contribution in [0.2, 0.25) is 0 Å². The molecule has 0 bridgehead atoms. The molecule has 0 saturated carbocycles. The third-order valence-electron chi connectivity index (χ3n) is 3.00. The first-order chi connectivity index (χ1) is 9.41. The van der Waals surface area contributed by atoms with Gasteiger partial charge in [0.05, 0.1) is 0 Å². The summed E-state index contributed by atoms with van der Waals surface area (Å²) in [5.41, 5.74) is 0.899. The van der Waals surface area contributed by atoms with Gasteiger partial charge in [-0.25, -0.2) is 0 Å². The SMILES string of the molecule is C[C@H](NC(=O)C(=O)C1C(=O)Nc2ccccc21)C(=O)O. The van der Waals surface area contributed by atoms with Crippen LogP contribution < -0.4 is 10.6 Å². The van der Waals surface area contributed by atoms with Crippen molar-refractivity contribution in [2.24, 2.45) is 0 Å². The molecule has 0 aromatic heterocycles. The Kier molecular flexibility index (Phi) is 3.51. The van der Waals surface area contributed by atoms with Gasteiger partial charge in [-0.05, 0) is 18.6 Å². The molecule has 0 saturated heterocycles. The minimum atomic E-state index is -1.26. The molecule has 0 spiro atoms. The molecule has 2 amide bonds. The van der Waals surface area contributed by atoms with E-state index in [4.69, 9.17) is 5.11 Å². The summed E-state index contributed by atoms with van der Waals surface area (Å²) in [6, 6.07) is 5.34. The maximum absolute atomic E-state index is 12.0. The first kappa shape index (κ1) is 13.7. The molecule has 1 aliphatic rings. The number of carboxylic acid groups (broad SMARTS) is 1. The lowest BCUT2D eigenvalue weighted by Crippen LogP contribution is -2.44. The zero-order valence-electron chi connectivity index (χ0n) is 10.5. The molecule has 0 fully saturated rings. The molecule has 3 N–H and O–H groups in total. The Bertz CT molecular complexity index is 611. The Balaban J connectivity index is 2.19. The normalized spacial score (nSPS) is 17.9. The number of rotatable bonds is 4. The Morgan fingerprint density at radius 1 is 1.30 bits per heavy atom. The number of anilines is 1. The van der Waals surface area contributed by atoms with Gasteiger partial charge in [0.1, 0.15) is 12.0 Å². The molecule has 0 radical (unpaired) electrons. The molecule has 2 rings (SSSR count). The molecule has 1 unspecified atom stereocenters. The van der Waals surface area contributed by atoms with Gasteiger partial charge in [0, 0.05) is 5.69 Å². The van der Waals surface area contributed by atoms with Crippen LogP contribution in [0.4, 0.5) is 5.69 Å². The summed E-state index contributed by atoms with van der Waals surface area (Å²) in [6.45, 7) is 1.23. The monoisotopic (exact) mass is 276 g/mol. The second-order valence-electron chi connectivity index (χ2n) is 4.41. The predicted molar refractivity (Wildman–Crippen MR) is 68.1 cm³/mol. The summed E-state index contributed by atoms with van der Waals surface area (Å²) in [5.74, 6) is -5.14. The first-order valence-electron chi connectivity index (χ1n) is 5.89. The highest BCUT2D eigenvalue weighted by atomic mass is 16.4. The molecule has 7 heteroatoms. The Morgan fingerprint density at radius 3 is 2.60 bits per heavy atom. The van der Waals surface area contributed by atoms with Gasteiger partial charge in [-0.1, -0.05) is 18.2 Å². The van der Waals surface area contributed by atoms with Crippen molar-refractivity contribution in [1.29, 1.82) is 0 Å². The summed E-state index contributed by atoms with van der Waals surface area (Å²) < 4.78 is 0. The molecular formula is C13H12N2O5. The van der Waals surface area contributed by atoms with Gasteiger partial charge in [0.25, 0.3) is 5.91 Å². The van der Waals surface area contributed by atoms with Crippen molar-refractivity contribution in [3.63, 3.8) is 0 Å². The number of hydrogen-bond donors (Lipinski definition) is 3. The summed E-state index contributed by atoms with van der Waals surface area (Å²) in [7, 11) is 0. The second kappa shape index (κ2) is 5.12. The van der Waals surface area contributed by atoms with Crippen LogP contribution in [0.3, 0.4) is 0 Å². The van der Waals surface area contributed by atoms with Gasteiger partial charge in [0.15, 0.2) is 0 Å². The van der Waals surface area contributed by atoms with Crippen molar-refractivity contribution < 1.29 is 24.3 Å². The number of aliphatic carboxylic acids is 1. The number of ketones is 1. The number of hydrogen-bond acceptors (Lipinski definition) is 4. The predicted octanol–water partition coefficient (Wildman–Crippen LogP) is -0.119. The number of amides is 2. The number of carbonyl (C=O) groups is 4. The number of carbonyl (C=O) groups excluding carboxylic acids is 3. The molecule has 7 nitrogen and oxygen atoms in total. The highest BCUT2D eigenvalue weighted by Crippen LogP contribution is 2.32. The lowest BCUT2D eigenvalue weighted by Gasteiger charge is -2.11. The second-order valence-corrected chi connectivity index (χ2v) is 4.41. The molecule has 1 aliphatic heterocycles. The van der Waals surface area contributed by atoms with Crippen LogP contribution in [0.5, 0.6) is 0 Å². The van der Waals surface area contributed by atoms with E-state index in [0.717, 1.165) is 0 Å². The molecule has 104 valence electrons. The number of fused-ring (bicyclic) bond motifs is 1. The van der Waals surface area contributed by atoms with Crippen LogP contribution >= 0.6 is 0 Å². The van der Waals surface area contributed by atoms with E-state index in [2.05, 4.69) is 5.32 Å². The summed E-state index contributed by atoms with van der Waals surface area (Å²) in [5, 5.41) is 13.2. The minimum absolute atomic E-state index is 0.417. The standard InChI is InChI=1S/C13H12N2O5/c1-6(13(19)20)14-12(18)10(16)9-7-4-2-3-5-8(7)15-11(9)17/h2-6,9H,1H3,(H,14,18)(H,15,17)(H,19,20)/t6-,9?/m0/s1. The van der Waals surface area contributed by atoms with E-state index in [9.17, 15) is 19.2 Å². The fourth-order valence-corrected chi connectivity index (χ4v) is 1.93. The fourth-order valence-electron chi connectivity index (χ4n) is 1.93. The molecule has 1 aromatic rings. The van der Waals surface area contributed by atoms with Crippen LogP contribution in [0, 0.1) is 0 Å². The molecule has 1 aromatic carbocycles. The Labute approximate surface area is 114 Å². The van der Waals surface area contributed by atoms with E-state index in [1.54, 1.807) is 24.3 Å². The van der Waals surface area contributed by atoms with Crippen LogP contribution in [-0.4, -0.2) is 34.7 Å². The zero-order chi connectivity index (χ0) is 14.9. The smallest absolute Gasteiger partial charge is 0.325 e. The zero-order valence-corrected chi connectivity index (χ0v) is 10.5. The summed E-state index contributed by atoms with van der Waals surface area (Å²) in [6.07, 6.45) is 0. The largest absolute Gasteiger partial charge is 0.480 e. The molecular weight excluding hydrogens is 264 g/mol. The van der Waals surface area contributed by atoms with Crippen molar-refractivity contribution in [3.8, 4) is 0 Å². The van der Waals surface area contributed by atoms with E-state index in [-0.39, 0.29) is 0 Å². The van der Waals surface area contributed by atoms with E-state index in [1.165, 1.54) is 6.92 Å². The average Bonchev–Trinajstić information content (AvgIpc) is 2.73. The van der Waals surface area contributed by atoms with Crippen molar-refractivity contribution in [2.75, 3.05) is 5.32 Å². The molecule has 20 heavy (non-hydrogen) atoms. The van der Waals surface area contributed by atoms with Gasteiger partial charge < -0.3 is 15.7 Å². The van der Waals surface area contributed by atoms with E-state index in [1.807, 2.05) is 5.32 Å². The first-order valence-corrected chi connectivity index (χ1v) is 5.89. The summed E-state index contributed by atoms with van der Waals surface area (Å²) >= 11 is 0.